The fraction of sp³-hybridized carbons (Fsp3) is 0.364. The van der Waals surface area contributed by atoms with Crippen molar-refractivity contribution >= 4 is 11.9 Å². The SMILES string of the molecule is CCCC(Cc1ccccc1)(C(=O)O)C(CC(=O)O)Cc1ccccc1. The molecule has 2 atom stereocenters. The smallest absolute Gasteiger partial charge is 0.310 e. The van der Waals surface area contributed by atoms with Crippen molar-refractivity contribution in [3.05, 3.63) is 71.8 Å². The first kappa shape index (κ1) is 19.7. The van der Waals surface area contributed by atoms with Crippen molar-refractivity contribution in [3.63, 3.8) is 0 Å². The standard InChI is InChI=1S/C22H26O4/c1-2-13-22(21(25)26,16-18-11-7-4-8-12-18)19(15-20(23)24)14-17-9-5-3-6-10-17/h3-12,19H,2,13-16H2,1H3,(H,23,24)(H,25,26). The van der Waals surface area contributed by atoms with Gasteiger partial charge >= 0.3 is 11.9 Å². The Morgan fingerprint density at radius 1 is 0.923 bits per heavy atom. The maximum absolute atomic E-state index is 12.4. The van der Waals surface area contributed by atoms with Crippen LogP contribution in [0.4, 0.5) is 0 Å². The second kappa shape index (κ2) is 9.18. The summed E-state index contributed by atoms with van der Waals surface area (Å²) < 4.78 is 0. The molecular formula is C22H26O4. The van der Waals surface area contributed by atoms with Crippen molar-refractivity contribution in [1.29, 1.82) is 0 Å². The van der Waals surface area contributed by atoms with E-state index in [1.165, 1.54) is 0 Å². The van der Waals surface area contributed by atoms with E-state index in [4.69, 9.17) is 0 Å². The third-order valence-corrected chi connectivity index (χ3v) is 5.01. The lowest BCUT2D eigenvalue weighted by molar-refractivity contribution is -0.155. The summed E-state index contributed by atoms with van der Waals surface area (Å²) in [5.74, 6) is -2.36. The molecule has 2 rings (SSSR count). The zero-order chi connectivity index (χ0) is 19.0. The Morgan fingerprint density at radius 2 is 1.46 bits per heavy atom. The van der Waals surface area contributed by atoms with Crippen molar-refractivity contribution in [2.75, 3.05) is 0 Å². The molecule has 2 unspecified atom stereocenters. The van der Waals surface area contributed by atoms with Crippen LogP contribution in [0.15, 0.2) is 60.7 Å². The van der Waals surface area contributed by atoms with E-state index in [0.717, 1.165) is 11.1 Å². The molecule has 138 valence electrons. The maximum Gasteiger partial charge on any atom is 0.310 e. The van der Waals surface area contributed by atoms with Gasteiger partial charge in [0.05, 0.1) is 5.41 Å². The quantitative estimate of drug-likeness (QED) is 0.662. The Morgan fingerprint density at radius 3 is 1.92 bits per heavy atom. The lowest BCUT2D eigenvalue weighted by atomic mass is 9.65. The fourth-order valence-corrected chi connectivity index (χ4v) is 3.77. The van der Waals surface area contributed by atoms with Crippen molar-refractivity contribution in [3.8, 4) is 0 Å². The summed E-state index contributed by atoms with van der Waals surface area (Å²) in [6.07, 6.45) is 1.74. The summed E-state index contributed by atoms with van der Waals surface area (Å²) in [5, 5.41) is 19.6. The number of aliphatic carboxylic acids is 2. The van der Waals surface area contributed by atoms with E-state index in [2.05, 4.69) is 0 Å². The molecule has 0 heterocycles. The third kappa shape index (κ3) is 4.94. The average Bonchev–Trinajstić information content (AvgIpc) is 2.62. The van der Waals surface area contributed by atoms with Gasteiger partial charge in [-0.15, -0.1) is 0 Å². The molecule has 0 aromatic heterocycles. The predicted octanol–water partition coefficient (Wildman–Crippen LogP) is 4.43. The van der Waals surface area contributed by atoms with Gasteiger partial charge in [-0.05, 0) is 36.3 Å². The molecular weight excluding hydrogens is 328 g/mol. The molecule has 0 fully saturated rings. The molecule has 0 saturated heterocycles. The number of hydrogen-bond donors (Lipinski definition) is 2. The van der Waals surface area contributed by atoms with Crippen LogP contribution in [0.3, 0.4) is 0 Å². The van der Waals surface area contributed by atoms with E-state index in [9.17, 15) is 19.8 Å². The number of carbonyl (C=O) groups is 2. The summed E-state index contributed by atoms with van der Waals surface area (Å²) in [7, 11) is 0. The Bertz CT molecular complexity index is 711. The topological polar surface area (TPSA) is 74.6 Å². The van der Waals surface area contributed by atoms with Crippen LogP contribution in [0.1, 0.15) is 37.3 Å². The average molecular weight is 354 g/mol. The van der Waals surface area contributed by atoms with Gasteiger partial charge in [-0.1, -0.05) is 74.0 Å². The summed E-state index contributed by atoms with van der Waals surface area (Å²) in [6.45, 7) is 1.95. The minimum Gasteiger partial charge on any atom is -0.481 e. The molecule has 2 aromatic carbocycles. The number of carboxylic acid groups (broad SMARTS) is 2. The van der Waals surface area contributed by atoms with E-state index >= 15 is 0 Å². The van der Waals surface area contributed by atoms with Crippen molar-refractivity contribution in [2.24, 2.45) is 11.3 Å². The van der Waals surface area contributed by atoms with Crippen LogP contribution in [-0.4, -0.2) is 22.2 Å². The largest absolute Gasteiger partial charge is 0.481 e. The van der Waals surface area contributed by atoms with Crippen LogP contribution in [0.25, 0.3) is 0 Å². The van der Waals surface area contributed by atoms with Gasteiger partial charge in [-0.2, -0.15) is 0 Å². The normalized spacial score (nSPS) is 14.3. The van der Waals surface area contributed by atoms with Gasteiger partial charge in [0.1, 0.15) is 0 Å². The molecule has 26 heavy (non-hydrogen) atoms. The highest BCUT2D eigenvalue weighted by Gasteiger charge is 2.45. The highest BCUT2D eigenvalue weighted by atomic mass is 16.4. The molecule has 0 saturated carbocycles. The van der Waals surface area contributed by atoms with E-state index in [1.54, 1.807) is 0 Å². The Labute approximate surface area is 154 Å². The van der Waals surface area contributed by atoms with E-state index in [-0.39, 0.29) is 6.42 Å². The van der Waals surface area contributed by atoms with Gasteiger partial charge in [0.25, 0.3) is 0 Å². The number of benzene rings is 2. The second-order valence-corrected chi connectivity index (χ2v) is 6.86. The Kier molecular flexibility index (Phi) is 6.96. The van der Waals surface area contributed by atoms with Gasteiger partial charge in [0.15, 0.2) is 0 Å². The minimum atomic E-state index is -1.11. The summed E-state index contributed by atoms with van der Waals surface area (Å²) in [5.41, 5.74) is 0.782. The highest BCUT2D eigenvalue weighted by Crippen LogP contribution is 2.41. The third-order valence-electron chi connectivity index (χ3n) is 5.01. The molecule has 2 aromatic rings. The van der Waals surface area contributed by atoms with Crippen molar-refractivity contribution in [2.45, 2.75) is 39.0 Å². The second-order valence-electron chi connectivity index (χ2n) is 6.86. The van der Waals surface area contributed by atoms with Crippen molar-refractivity contribution < 1.29 is 19.8 Å². The van der Waals surface area contributed by atoms with Gasteiger partial charge in [0.2, 0.25) is 0 Å². The molecule has 0 amide bonds. The molecule has 4 heteroatoms. The highest BCUT2D eigenvalue weighted by molar-refractivity contribution is 5.77. The van der Waals surface area contributed by atoms with Crippen molar-refractivity contribution in [1.82, 2.24) is 0 Å². The first-order valence-corrected chi connectivity index (χ1v) is 9.01. The lowest BCUT2D eigenvalue weighted by Gasteiger charge is -2.37. The zero-order valence-corrected chi connectivity index (χ0v) is 15.1. The first-order chi connectivity index (χ1) is 12.5. The Hall–Kier alpha value is -2.62. The molecule has 0 aliphatic carbocycles. The first-order valence-electron chi connectivity index (χ1n) is 9.01. The van der Waals surface area contributed by atoms with E-state index in [0.29, 0.717) is 25.7 Å². The van der Waals surface area contributed by atoms with Crippen LogP contribution in [0.2, 0.25) is 0 Å². The molecule has 4 nitrogen and oxygen atoms in total. The summed E-state index contributed by atoms with van der Waals surface area (Å²) >= 11 is 0. The van der Waals surface area contributed by atoms with E-state index in [1.807, 2.05) is 67.6 Å². The molecule has 2 N–H and O–H groups in total. The lowest BCUT2D eigenvalue weighted by Crippen LogP contribution is -2.43. The number of hydrogen-bond acceptors (Lipinski definition) is 2. The molecule has 0 spiro atoms. The van der Waals surface area contributed by atoms with Gasteiger partial charge in [-0.25, -0.2) is 0 Å². The maximum atomic E-state index is 12.4. The summed E-state index contributed by atoms with van der Waals surface area (Å²) in [4.78, 5) is 24.0. The molecule has 0 radical (unpaired) electrons. The monoisotopic (exact) mass is 354 g/mol. The van der Waals surface area contributed by atoms with Gasteiger partial charge in [-0.3, -0.25) is 9.59 Å². The molecule has 0 aliphatic heterocycles. The van der Waals surface area contributed by atoms with E-state index < -0.39 is 23.3 Å². The minimum absolute atomic E-state index is 0.159. The Balaban J connectivity index is 2.45. The molecule has 0 aliphatic rings. The van der Waals surface area contributed by atoms with Crippen LogP contribution in [-0.2, 0) is 22.4 Å². The molecule has 0 bridgehead atoms. The van der Waals surface area contributed by atoms with Crippen LogP contribution in [0, 0.1) is 11.3 Å². The van der Waals surface area contributed by atoms with Crippen LogP contribution < -0.4 is 0 Å². The van der Waals surface area contributed by atoms with Gasteiger partial charge in [0, 0.05) is 6.42 Å². The zero-order valence-electron chi connectivity index (χ0n) is 15.1. The number of carboxylic acids is 2. The van der Waals surface area contributed by atoms with Crippen LogP contribution in [0.5, 0.6) is 0 Å². The summed E-state index contributed by atoms with van der Waals surface area (Å²) in [6, 6.07) is 19.0. The van der Waals surface area contributed by atoms with Crippen LogP contribution >= 0.6 is 0 Å². The predicted molar refractivity (Wildman–Crippen MR) is 101 cm³/mol. The fourth-order valence-electron chi connectivity index (χ4n) is 3.77. The van der Waals surface area contributed by atoms with Gasteiger partial charge < -0.3 is 10.2 Å². The number of rotatable bonds is 10.